The minimum absolute atomic E-state index is 0.0337. The zero-order chi connectivity index (χ0) is 20.4. The van der Waals surface area contributed by atoms with E-state index in [0.717, 1.165) is 16.7 Å². The van der Waals surface area contributed by atoms with Crippen LogP contribution in [-0.2, 0) is 0 Å². The number of aromatic nitrogens is 3. The topological polar surface area (TPSA) is 59.8 Å². The van der Waals surface area contributed by atoms with Crippen LogP contribution in [0.2, 0.25) is 0 Å². The van der Waals surface area contributed by atoms with Crippen molar-refractivity contribution in [1.29, 1.82) is 0 Å². The van der Waals surface area contributed by atoms with Crippen molar-refractivity contribution >= 4 is 11.6 Å². The molecule has 3 aromatic carbocycles. The van der Waals surface area contributed by atoms with E-state index in [2.05, 4.69) is 15.4 Å². The summed E-state index contributed by atoms with van der Waals surface area (Å²) in [6.45, 7) is 4.00. The SMILES string of the molecule is Cc1ccc(NC(=O)c2nc(-c3ccccc3)n(-c3ccc(F)cc3)n2)cc1C. The van der Waals surface area contributed by atoms with Gasteiger partial charge in [-0.2, -0.15) is 0 Å². The van der Waals surface area contributed by atoms with Gasteiger partial charge in [-0.3, -0.25) is 4.79 Å². The third-order valence-corrected chi connectivity index (χ3v) is 4.68. The molecule has 0 radical (unpaired) electrons. The first kappa shape index (κ1) is 18.6. The summed E-state index contributed by atoms with van der Waals surface area (Å²) in [6.07, 6.45) is 0. The third kappa shape index (κ3) is 3.91. The molecule has 0 saturated carbocycles. The lowest BCUT2D eigenvalue weighted by atomic mass is 10.1. The zero-order valence-electron chi connectivity index (χ0n) is 16.1. The fourth-order valence-electron chi connectivity index (χ4n) is 2.95. The Hall–Kier alpha value is -3.80. The van der Waals surface area contributed by atoms with Crippen molar-refractivity contribution in [3.05, 3.63) is 95.6 Å². The van der Waals surface area contributed by atoms with Crippen molar-refractivity contribution in [1.82, 2.24) is 14.8 Å². The van der Waals surface area contributed by atoms with E-state index in [4.69, 9.17) is 0 Å². The number of benzene rings is 3. The van der Waals surface area contributed by atoms with E-state index in [1.807, 2.05) is 62.4 Å². The number of halogens is 1. The van der Waals surface area contributed by atoms with Crippen molar-refractivity contribution in [2.45, 2.75) is 13.8 Å². The van der Waals surface area contributed by atoms with Gasteiger partial charge < -0.3 is 5.32 Å². The van der Waals surface area contributed by atoms with E-state index >= 15 is 0 Å². The van der Waals surface area contributed by atoms with E-state index in [1.54, 1.807) is 16.8 Å². The van der Waals surface area contributed by atoms with Crippen LogP contribution >= 0.6 is 0 Å². The van der Waals surface area contributed by atoms with E-state index in [0.29, 0.717) is 17.2 Å². The van der Waals surface area contributed by atoms with E-state index in [1.165, 1.54) is 12.1 Å². The van der Waals surface area contributed by atoms with Gasteiger partial charge in [0.25, 0.3) is 5.91 Å². The number of amides is 1. The minimum atomic E-state index is -0.411. The first-order chi connectivity index (χ1) is 14.0. The lowest BCUT2D eigenvalue weighted by molar-refractivity contribution is 0.101. The van der Waals surface area contributed by atoms with E-state index in [9.17, 15) is 9.18 Å². The largest absolute Gasteiger partial charge is 0.319 e. The molecule has 144 valence electrons. The lowest BCUT2D eigenvalue weighted by Gasteiger charge is -2.06. The maximum absolute atomic E-state index is 13.4. The highest BCUT2D eigenvalue weighted by Gasteiger charge is 2.19. The molecule has 0 spiro atoms. The van der Waals surface area contributed by atoms with Crippen LogP contribution in [0.25, 0.3) is 17.1 Å². The molecule has 1 amide bonds. The van der Waals surface area contributed by atoms with Gasteiger partial charge in [-0.05, 0) is 61.4 Å². The Labute approximate surface area is 167 Å². The van der Waals surface area contributed by atoms with Crippen molar-refractivity contribution in [2.24, 2.45) is 0 Å². The second kappa shape index (κ2) is 7.67. The second-order valence-electron chi connectivity index (χ2n) is 6.77. The van der Waals surface area contributed by atoms with Crippen LogP contribution in [0.15, 0.2) is 72.8 Å². The predicted molar refractivity (Wildman–Crippen MR) is 111 cm³/mol. The molecule has 0 atom stereocenters. The number of hydrogen-bond donors (Lipinski definition) is 1. The van der Waals surface area contributed by atoms with E-state index in [-0.39, 0.29) is 11.6 Å². The summed E-state index contributed by atoms with van der Waals surface area (Å²) in [6, 6.07) is 21.0. The molecule has 0 bridgehead atoms. The summed E-state index contributed by atoms with van der Waals surface area (Å²) in [5.74, 6) is -0.219. The van der Waals surface area contributed by atoms with Crippen LogP contribution in [-0.4, -0.2) is 20.7 Å². The first-order valence-corrected chi connectivity index (χ1v) is 9.18. The van der Waals surface area contributed by atoms with Gasteiger partial charge in [0.15, 0.2) is 5.82 Å². The van der Waals surface area contributed by atoms with Crippen molar-refractivity contribution < 1.29 is 9.18 Å². The van der Waals surface area contributed by atoms with Crippen LogP contribution in [0.5, 0.6) is 0 Å². The van der Waals surface area contributed by atoms with Crippen LogP contribution in [0, 0.1) is 19.7 Å². The Morgan fingerprint density at radius 3 is 2.34 bits per heavy atom. The highest BCUT2D eigenvalue weighted by Crippen LogP contribution is 2.22. The highest BCUT2D eigenvalue weighted by atomic mass is 19.1. The minimum Gasteiger partial charge on any atom is -0.319 e. The number of aryl methyl sites for hydroxylation is 2. The summed E-state index contributed by atoms with van der Waals surface area (Å²) in [4.78, 5) is 17.2. The fourth-order valence-corrected chi connectivity index (χ4v) is 2.95. The Morgan fingerprint density at radius 2 is 1.66 bits per heavy atom. The molecule has 0 unspecified atom stereocenters. The van der Waals surface area contributed by atoms with Crippen molar-refractivity contribution in [3.8, 4) is 17.1 Å². The fraction of sp³-hybridized carbons (Fsp3) is 0.0870. The standard InChI is InChI=1S/C23H19FN4O/c1-15-8-11-19(14-16(15)2)25-23(29)21-26-22(17-6-4-3-5-7-17)28(27-21)20-12-9-18(24)10-13-20/h3-14H,1-2H3,(H,25,29). The molecule has 0 aliphatic rings. The zero-order valence-corrected chi connectivity index (χ0v) is 16.1. The molecule has 6 heteroatoms. The number of nitrogens with zero attached hydrogens (tertiary/aromatic N) is 3. The van der Waals surface area contributed by atoms with Crippen molar-refractivity contribution in [2.75, 3.05) is 5.32 Å². The van der Waals surface area contributed by atoms with Crippen molar-refractivity contribution in [3.63, 3.8) is 0 Å². The second-order valence-corrected chi connectivity index (χ2v) is 6.77. The average Bonchev–Trinajstić information content (AvgIpc) is 3.18. The van der Waals surface area contributed by atoms with Crippen LogP contribution in [0.3, 0.4) is 0 Å². The first-order valence-electron chi connectivity index (χ1n) is 9.18. The van der Waals surface area contributed by atoms with Gasteiger partial charge in [0.1, 0.15) is 5.82 Å². The number of hydrogen-bond acceptors (Lipinski definition) is 3. The van der Waals surface area contributed by atoms with Gasteiger partial charge in [0, 0.05) is 11.3 Å². The van der Waals surface area contributed by atoms with Gasteiger partial charge in [-0.1, -0.05) is 36.4 Å². The molecule has 4 rings (SSSR count). The number of carbonyl (C=O) groups is 1. The number of carbonyl (C=O) groups excluding carboxylic acids is 1. The molecule has 1 N–H and O–H groups in total. The third-order valence-electron chi connectivity index (χ3n) is 4.68. The Bertz CT molecular complexity index is 1170. The quantitative estimate of drug-likeness (QED) is 0.540. The predicted octanol–water partition coefficient (Wildman–Crippen LogP) is 4.94. The Kier molecular flexibility index (Phi) is 4.91. The lowest BCUT2D eigenvalue weighted by Crippen LogP contribution is -2.14. The maximum atomic E-state index is 13.4. The number of nitrogens with one attached hydrogen (secondary N) is 1. The molecular weight excluding hydrogens is 367 g/mol. The highest BCUT2D eigenvalue weighted by molar-refractivity contribution is 6.01. The van der Waals surface area contributed by atoms with E-state index < -0.39 is 5.91 Å². The molecule has 0 fully saturated rings. The molecular formula is C23H19FN4O. The summed E-state index contributed by atoms with van der Waals surface area (Å²) < 4.78 is 14.9. The molecule has 0 aliphatic carbocycles. The molecule has 1 aromatic heterocycles. The van der Waals surface area contributed by atoms with Gasteiger partial charge in [0.05, 0.1) is 5.69 Å². The summed E-state index contributed by atoms with van der Waals surface area (Å²) in [5, 5.41) is 7.24. The normalized spacial score (nSPS) is 10.7. The molecule has 4 aromatic rings. The van der Waals surface area contributed by atoms with Crippen LogP contribution in [0.4, 0.5) is 10.1 Å². The monoisotopic (exact) mass is 386 g/mol. The number of anilines is 1. The molecule has 29 heavy (non-hydrogen) atoms. The number of rotatable bonds is 4. The summed E-state index contributed by atoms with van der Waals surface area (Å²) >= 11 is 0. The summed E-state index contributed by atoms with van der Waals surface area (Å²) in [5.41, 5.74) is 4.32. The smallest absolute Gasteiger partial charge is 0.295 e. The van der Waals surface area contributed by atoms with Crippen LogP contribution in [0.1, 0.15) is 21.7 Å². The van der Waals surface area contributed by atoms with Gasteiger partial charge in [-0.25, -0.2) is 14.1 Å². The maximum Gasteiger partial charge on any atom is 0.295 e. The Balaban J connectivity index is 1.73. The average molecular weight is 386 g/mol. The van der Waals surface area contributed by atoms with Crippen LogP contribution < -0.4 is 5.32 Å². The molecule has 5 nitrogen and oxygen atoms in total. The molecule has 0 saturated heterocycles. The van der Waals surface area contributed by atoms with Gasteiger partial charge >= 0.3 is 0 Å². The molecule has 1 heterocycles. The Morgan fingerprint density at radius 1 is 0.931 bits per heavy atom. The summed E-state index contributed by atoms with van der Waals surface area (Å²) in [7, 11) is 0. The van der Waals surface area contributed by atoms with Gasteiger partial charge in [0.2, 0.25) is 5.82 Å². The van der Waals surface area contributed by atoms with Gasteiger partial charge in [-0.15, -0.1) is 5.10 Å². The molecule has 0 aliphatic heterocycles.